The Kier molecular flexibility index (Phi) is 6.95. The van der Waals surface area contributed by atoms with Crippen LogP contribution in [0.25, 0.3) is 0 Å². The van der Waals surface area contributed by atoms with Crippen molar-refractivity contribution in [2.75, 3.05) is 5.32 Å². The summed E-state index contributed by atoms with van der Waals surface area (Å²) in [6.45, 7) is 4.10. The summed E-state index contributed by atoms with van der Waals surface area (Å²) in [6, 6.07) is 9.60. The van der Waals surface area contributed by atoms with Gasteiger partial charge >= 0.3 is 5.97 Å². The minimum absolute atomic E-state index is 0.177. The van der Waals surface area contributed by atoms with E-state index in [1.165, 1.54) is 28.9 Å². The molecule has 1 atom stereocenters. The smallest absolute Gasteiger partial charge is 0.341 e. The molecule has 2 aromatic heterocycles. The third kappa shape index (κ3) is 5.15. The number of anilines is 1. The third-order valence-electron chi connectivity index (χ3n) is 6.82. The van der Waals surface area contributed by atoms with Crippen LogP contribution < -0.4 is 10.1 Å². The summed E-state index contributed by atoms with van der Waals surface area (Å²) < 4.78 is 17.3. The molecule has 0 aliphatic heterocycles. The number of aryl methyl sites for hydroxylation is 3. The molecule has 7 heteroatoms. The molecule has 6 nitrogen and oxygen atoms in total. The van der Waals surface area contributed by atoms with Crippen molar-refractivity contribution in [2.24, 2.45) is 0 Å². The molecule has 2 aliphatic carbocycles. The summed E-state index contributed by atoms with van der Waals surface area (Å²) in [5.41, 5.74) is 4.28. The van der Waals surface area contributed by atoms with Crippen LogP contribution in [0.4, 0.5) is 5.00 Å². The molecule has 2 aliphatic rings. The predicted molar refractivity (Wildman–Crippen MR) is 136 cm³/mol. The van der Waals surface area contributed by atoms with Gasteiger partial charge in [-0.15, -0.1) is 11.3 Å². The molecular formula is C28H31NO5S. The second-order valence-corrected chi connectivity index (χ2v) is 10.4. The highest BCUT2D eigenvalue weighted by Crippen LogP contribution is 2.39. The molecule has 0 bridgehead atoms. The van der Waals surface area contributed by atoms with E-state index in [-0.39, 0.29) is 30.3 Å². The average Bonchev–Trinajstić information content (AvgIpc) is 3.60. The van der Waals surface area contributed by atoms with Gasteiger partial charge in [0.25, 0.3) is 5.91 Å². The van der Waals surface area contributed by atoms with Crippen molar-refractivity contribution >= 4 is 28.2 Å². The summed E-state index contributed by atoms with van der Waals surface area (Å²) in [5, 5.41) is 3.46. The monoisotopic (exact) mass is 493 g/mol. The fourth-order valence-corrected chi connectivity index (χ4v) is 6.00. The van der Waals surface area contributed by atoms with Gasteiger partial charge in [-0.25, -0.2) is 4.79 Å². The molecule has 1 unspecified atom stereocenters. The van der Waals surface area contributed by atoms with Crippen LogP contribution in [-0.4, -0.2) is 18.0 Å². The van der Waals surface area contributed by atoms with Crippen molar-refractivity contribution in [3.63, 3.8) is 0 Å². The summed E-state index contributed by atoms with van der Waals surface area (Å²) >= 11 is 1.47. The van der Waals surface area contributed by atoms with E-state index in [4.69, 9.17) is 13.9 Å². The van der Waals surface area contributed by atoms with Gasteiger partial charge < -0.3 is 19.2 Å². The maximum Gasteiger partial charge on any atom is 0.341 e. The molecule has 35 heavy (non-hydrogen) atoms. The molecule has 3 aromatic rings. The molecule has 0 fully saturated rings. The van der Waals surface area contributed by atoms with Crippen molar-refractivity contribution in [1.29, 1.82) is 0 Å². The topological polar surface area (TPSA) is 77.8 Å². The van der Waals surface area contributed by atoms with Gasteiger partial charge in [0.15, 0.2) is 5.76 Å². The number of ether oxygens (including phenoxy) is 2. The van der Waals surface area contributed by atoms with Gasteiger partial charge in [-0.05, 0) is 99.2 Å². The highest BCUT2D eigenvalue weighted by atomic mass is 32.1. The molecule has 1 N–H and O–H groups in total. The lowest BCUT2D eigenvalue weighted by atomic mass is 9.95. The van der Waals surface area contributed by atoms with E-state index in [0.29, 0.717) is 16.3 Å². The zero-order valence-electron chi connectivity index (χ0n) is 20.3. The molecule has 1 amide bonds. The molecule has 0 spiro atoms. The Morgan fingerprint density at radius 3 is 2.74 bits per heavy atom. The third-order valence-corrected chi connectivity index (χ3v) is 8.03. The van der Waals surface area contributed by atoms with Crippen LogP contribution in [-0.2, 0) is 37.0 Å². The van der Waals surface area contributed by atoms with E-state index >= 15 is 0 Å². The number of thiophene rings is 1. The zero-order valence-corrected chi connectivity index (χ0v) is 21.1. The first-order valence-corrected chi connectivity index (χ1v) is 13.3. The van der Waals surface area contributed by atoms with Crippen LogP contribution in [0.3, 0.4) is 0 Å². The van der Waals surface area contributed by atoms with Gasteiger partial charge in [0.05, 0.1) is 11.7 Å². The van der Waals surface area contributed by atoms with E-state index in [1.54, 1.807) is 12.1 Å². The fourth-order valence-electron chi connectivity index (χ4n) is 4.73. The van der Waals surface area contributed by atoms with E-state index < -0.39 is 0 Å². The van der Waals surface area contributed by atoms with E-state index in [2.05, 4.69) is 17.4 Å². The summed E-state index contributed by atoms with van der Waals surface area (Å²) in [7, 11) is 0. The van der Waals surface area contributed by atoms with Gasteiger partial charge in [0.1, 0.15) is 23.1 Å². The Balaban J connectivity index is 1.28. The maximum absolute atomic E-state index is 13.0. The van der Waals surface area contributed by atoms with Crippen LogP contribution >= 0.6 is 11.3 Å². The summed E-state index contributed by atoms with van der Waals surface area (Å²) in [6.07, 6.45) is 7.86. The number of esters is 1. The Morgan fingerprint density at radius 2 is 1.89 bits per heavy atom. The molecular weight excluding hydrogens is 462 g/mol. The zero-order chi connectivity index (χ0) is 24.4. The second-order valence-electron chi connectivity index (χ2n) is 9.33. The highest BCUT2D eigenvalue weighted by molar-refractivity contribution is 7.17. The average molecular weight is 494 g/mol. The number of amides is 1. The first-order chi connectivity index (χ1) is 17.0. The van der Waals surface area contributed by atoms with Gasteiger partial charge in [-0.3, -0.25) is 4.79 Å². The largest absolute Gasteiger partial charge is 0.486 e. The molecule has 184 valence electrons. The molecule has 0 saturated heterocycles. The highest BCUT2D eigenvalue weighted by Gasteiger charge is 2.29. The molecule has 0 radical (unpaired) electrons. The van der Waals surface area contributed by atoms with Gasteiger partial charge in [-0.2, -0.15) is 0 Å². The Labute approximate surface area is 209 Å². The fraction of sp³-hybridized carbons (Fsp3) is 0.429. The van der Waals surface area contributed by atoms with Gasteiger partial charge in [0, 0.05) is 4.88 Å². The number of nitrogens with one attached hydrogen (secondary N) is 1. The number of hydrogen-bond acceptors (Lipinski definition) is 6. The van der Waals surface area contributed by atoms with Crippen LogP contribution in [0, 0.1) is 0 Å². The number of furan rings is 1. The number of carbonyl (C=O) groups is 2. The van der Waals surface area contributed by atoms with E-state index in [1.807, 2.05) is 19.9 Å². The standard InChI is InChI=1S/C28H31NO5S/c1-3-17(2)33-28(31)25-22-9-4-5-10-24(22)35-27(25)29-26(30)23-14-13-21(34-23)16-32-20-12-11-18-7-6-8-19(18)15-20/h11-15,17H,3-10,16H2,1-2H3,(H,29,30). The molecule has 0 saturated carbocycles. The first kappa shape index (κ1) is 23.7. The van der Waals surface area contributed by atoms with Crippen LogP contribution in [0.15, 0.2) is 34.7 Å². The Hall–Kier alpha value is -3.06. The number of carbonyl (C=O) groups excluding carboxylic acids is 2. The van der Waals surface area contributed by atoms with Crippen molar-refractivity contribution in [3.8, 4) is 5.75 Å². The Morgan fingerprint density at radius 1 is 1.06 bits per heavy atom. The minimum Gasteiger partial charge on any atom is -0.486 e. The first-order valence-electron chi connectivity index (χ1n) is 12.5. The minimum atomic E-state index is -0.384. The summed E-state index contributed by atoms with van der Waals surface area (Å²) in [5.74, 6) is 0.811. The molecule has 5 rings (SSSR count). The quantitative estimate of drug-likeness (QED) is 0.363. The lowest BCUT2D eigenvalue weighted by Gasteiger charge is -2.15. The second kappa shape index (κ2) is 10.3. The lowest BCUT2D eigenvalue weighted by molar-refractivity contribution is 0.0335. The number of rotatable bonds is 8. The van der Waals surface area contributed by atoms with Gasteiger partial charge in [0.2, 0.25) is 0 Å². The SMILES string of the molecule is CCC(C)OC(=O)c1c(NC(=O)c2ccc(COc3ccc4c(c3)CCC4)o2)sc2c1CCCC2. The molecule has 2 heterocycles. The molecule has 1 aromatic carbocycles. The number of hydrogen-bond donors (Lipinski definition) is 1. The van der Waals surface area contributed by atoms with Crippen molar-refractivity contribution in [1.82, 2.24) is 0 Å². The van der Waals surface area contributed by atoms with Crippen molar-refractivity contribution < 1.29 is 23.5 Å². The van der Waals surface area contributed by atoms with Crippen molar-refractivity contribution in [3.05, 3.63) is 69.0 Å². The van der Waals surface area contributed by atoms with E-state index in [9.17, 15) is 9.59 Å². The summed E-state index contributed by atoms with van der Waals surface area (Å²) in [4.78, 5) is 27.1. The lowest BCUT2D eigenvalue weighted by Crippen LogP contribution is -2.18. The predicted octanol–water partition coefficient (Wildman–Crippen LogP) is 6.50. The Bertz CT molecular complexity index is 1240. The van der Waals surface area contributed by atoms with Crippen LogP contribution in [0.2, 0.25) is 0 Å². The normalized spacial score (nSPS) is 15.3. The van der Waals surface area contributed by atoms with Crippen LogP contribution in [0.1, 0.15) is 87.8 Å². The van der Waals surface area contributed by atoms with Crippen molar-refractivity contribution in [2.45, 2.75) is 77.9 Å². The van der Waals surface area contributed by atoms with E-state index in [0.717, 1.165) is 61.1 Å². The maximum atomic E-state index is 13.0. The van der Waals surface area contributed by atoms with Crippen LogP contribution in [0.5, 0.6) is 5.75 Å². The number of benzene rings is 1. The number of fused-ring (bicyclic) bond motifs is 2. The van der Waals surface area contributed by atoms with Gasteiger partial charge in [-0.1, -0.05) is 13.0 Å².